The van der Waals surface area contributed by atoms with Crippen molar-refractivity contribution in [3.8, 4) is 11.3 Å². The van der Waals surface area contributed by atoms with Gasteiger partial charge in [-0.2, -0.15) is 15.4 Å². The second kappa shape index (κ2) is 7.98. The number of rotatable bonds is 6. The van der Waals surface area contributed by atoms with Gasteiger partial charge in [0.05, 0.1) is 11.2 Å². The van der Waals surface area contributed by atoms with E-state index in [1.807, 2.05) is 0 Å². The third kappa shape index (κ3) is 4.01. The standard InChI is InChI=1S/C16H12ClN5O3S/c17-12-5-10(13-7-20-22-21-13)4-11(6-19-16(24)25)14(12)26-15-9(8-23)2-1-3-18-15/h1-5,7-8,19H,6H2,(H,24,25)(H,20,21,22). The molecule has 132 valence electrons. The Bertz CT molecular complexity index is 949. The molecule has 0 bridgehead atoms. The molecule has 2 heterocycles. The largest absolute Gasteiger partial charge is 0.465 e. The summed E-state index contributed by atoms with van der Waals surface area (Å²) in [6.45, 7) is 0.0341. The van der Waals surface area contributed by atoms with Crippen molar-refractivity contribution in [2.24, 2.45) is 0 Å². The Morgan fingerprint density at radius 2 is 2.27 bits per heavy atom. The monoisotopic (exact) mass is 389 g/mol. The highest BCUT2D eigenvalue weighted by atomic mass is 35.5. The number of pyridine rings is 1. The van der Waals surface area contributed by atoms with E-state index in [9.17, 15) is 9.59 Å². The molecular formula is C16H12ClN5O3S. The van der Waals surface area contributed by atoms with E-state index in [0.29, 0.717) is 43.6 Å². The lowest BCUT2D eigenvalue weighted by Gasteiger charge is -2.13. The summed E-state index contributed by atoms with van der Waals surface area (Å²) in [4.78, 5) is 26.9. The number of aromatic nitrogens is 4. The van der Waals surface area contributed by atoms with E-state index in [1.165, 1.54) is 18.0 Å². The van der Waals surface area contributed by atoms with Crippen molar-refractivity contribution in [1.82, 2.24) is 25.7 Å². The first-order valence-corrected chi connectivity index (χ1v) is 8.51. The van der Waals surface area contributed by atoms with Gasteiger partial charge < -0.3 is 10.4 Å². The number of halogens is 1. The summed E-state index contributed by atoms with van der Waals surface area (Å²) in [6.07, 6.45) is 2.66. The van der Waals surface area contributed by atoms with Gasteiger partial charge in [-0.1, -0.05) is 23.4 Å². The van der Waals surface area contributed by atoms with Crippen LogP contribution in [0.1, 0.15) is 15.9 Å². The molecule has 3 N–H and O–H groups in total. The highest BCUT2D eigenvalue weighted by Gasteiger charge is 2.16. The first kappa shape index (κ1) is 17.9. The third-order valence-corrected chi connectivity index (χ3v) is 5.02. The third-order valence-electron chi connectivity index (χ3n) is 3.39. The summed E-state index contributed by atoms with van der Waals surface area (Å²) in [5.41, 5.74) is 2.31. The van der Waals surface area contributed by atoms with Crippen LogP contribution in [-0.2, 0) is 6.54 Å². The number of carbonyl (C=O) groups excluding carboxylic acids is 1. The van der Waals surface area contributed by atoms with Crippen LogP contribution in [0.4, 0.5) is 4.79 Å². The van der Waals surface area contributed by atoms with Crippen LogP contribution in [0.3, 0.4) is 0 Å². The van der Waals surface area contributed by atoms with Crippen LogP contribution >= 0.6 is 23.4 Å². The Morgan fingerprint density at radius 1 is 1.42 bits per heavy atom. The van der Waals surface area contributed by atoms with Gasteiger partial charge in [0.2, 0.25) is 0 Å². The van der Waals surface area contributed by atoms with Gasteiger partial charge in [-0.05, 0) is 29.8 Å². The zero-order chi connectivity index (χ0) is 18.5. The summed E-state index contributed by atoms with van der Waals surface area (Å²) in [6, 6.07) is 6.78. The van der Waals surface area contributed by atoms with Crippen molar-refractivity contribution < 1.29 is 14.7 Å². The maximum absolute atomic E-state index is 11.2. The summed E-state index contributed by atoms with van der Waals surface area (Å²) < 4.78 is 0. The topological polar surface area (TPSA) is 121 Å². The maximum Gasteiger partial charge on any atom is 0.404 e. The zero-order valence-electron chi connectivity index (χ0n) is 13.1. The predicted molar refractivity (Wildman–Crippen MR) is 95.4 cm³/mol. The molecule has 0 saturated carbocycles. The number of carboxylic acid groups (broad SMARTS) is 1. The predicted octanol–water partition coefficient (Wildman–Crippen LogP) is 3.25. The molecule has 0 aliphatic rings. The molecule has 0 aliphatic heterocycles. The highest BCUT2D eigenvalue weighted by Crippen LogP contribution is 2.38. The van der Waals surface area contributed by atoms with Gasteiger partial charge in [-0.3, -0.25) is 4.79 Å². The van der Waals surface area contributed by atoms with Crippen molar-refractivity contribution in [3.63, 3.8) is 0 Å². The Morgan fingerprint density at radius 3 is 2.96 bits per heavy atom. The molecule has 0 spiro atoms. The first-order valence-electron chi connectivity index (χ1n) is 7.32. The smallest absolute Gasteiger partial charge is 0.404 e. The average Bonchev–Trinajstić information content (AvgIpc) is 3.17. The van der Waals surface area contributed by atoms with E-state index in [2.05, 4.69) is 25.7 Å². The highest BCUT2D eigenvalue weighted by molar-refractivity contribution is 7.99. The number of aromatic amines is 1. The molecule has 0 atom stereocenters. The van der Waals surface area contributed by atoms with Crippen molar-refractivity contribution in [2.45, 2.75) is 16.5 Å². The summed E-state index contributed by atoms with van der Waals surface area (Å²) >= 11 is 7.64. The van der Waals surface area contributed by atoms with Gasteiger partial charge in [0.15, 0.2) is 6.29 Å². The van der Waals surface area contributed by atoms with Crippen LogP contribution in [0, 0.1) is 0 Å². The number of hydrogen-bond donors (Lipinski definition) is 3. The second-order valence-electron chi connectivity index (χ2n) is 5.08. The number of nitrogens with zero attached hydrogens (tertiary/aromatic N) is 3. The van der Waals surface area contributed by atoms with Crippen LogP contribution in [0.25, 0.3) is 11.3 Å². The molecule has 0 fully saturated rings. The molecule has 26 heavy (non-hydrogen) atoms. The molecular weight excluding hydrogens is 378 g/mol. The minimum atomic E-state index is -1.16. The lowest BCUT2D eigenvalue weighted by atomic mass is 10.1. The Balaban J connectivity index is 2.04. The molecule has 1 amide bonds. The molecule has 8 nitrogen and oxygen atoms in total. The van der Waals surface area contributed by atoms with E-state index >= 15 is 0 Å². The van der Waals surface area contributed by atoms with Crippen LogP contribution in [0.2, 0.25) is 5.02 Å². The molecule has 0 unspecified atom stereocenters. The second-order valence-corrected chi connectivity index (χ2v) is 6.48. The SMILES string of the molecule is O=Cc1cccnc1Sc1c(Cl)cc(-c2cn[nH]n2)cc1CNC(=O)O. The summed E-state index contributed by atoms with van der Waals surface area (Å²) in [7, 11) is 0. The normalized spacial score (nSPS) is 10.5. The molecule has 0 radical (unpaired) electrons. The van der Waals surface area contributed by atoms with E-state index in [-0.39, 0.29) is 6.54 Å². The molecule has 3 aromatic rings. The average molecular weight is 390 g/mol. The number of carbonyl (C=O) groups is 2. The Labute approximate surface area is 157 Å². The van der Waals surface area contributed by atoms with Crippen molar-refractivity contribution >= 4 is 35.7 Å². The van der Waals surface area contributed by atoms with E-state index in [0.717, 1.165) is 0 Å². The van der Waals surface area contributed by atoms with E-state index in [4.69, 9.17) is 16.7 Å². The summed E-state index contributed by atoms with van der Waals surface area (Å²) in [5, 5.41) is 22.4. The zero-order valence-corrected chi connectivity index (χ0v) is 14.7. The molecule has 1 aromatic carbocycles. The van der Waals surface area contributed by atoms with Gasteiger partial charge in [0.1, 0.15) is 10.7 Å². The molecule has 0 aliphatic carbocycles. The first-order chi connectivity index (χ1) is 12.6. The Kier molecular flexibility index (Phi) is 5.49. The van der Waals surface area contributed by atoms with Crippen LogP contribution < -0.4 is 5.32 Å². The van der Waals surface area contributed by atoms with E-state index in [1.54, 1.807) is 30.5 Å². The van der Waals surface area contributed by atoms with Crippen molar-refractivity contribution in [1.29, 1.82) is 0 Å². The number of hydrogen-bond acceptors (Lipinski definition) is 6. The van der Waals surface area contributed by atoms with Crippen LogP contribution in [0.15, 0.2) is 46.6 Å². The number of amides is 1. The van der Waals surface area contributed by atoms with Gasteiger partial charge >= 0.3 is 6.09 Å². The van der Waals surface area contributed by atoms with Crippen molar-refractivity contribution in [2.75, 3.05) is 0 Å². The number of aldehydes is 1. The fraction of sp³-hybridized carbons (Fsp3) is 0.0625. The Hall–Kier alpha value is -2.91. The fourth-order valence-corrected chi connectivity index (χ4v) is 3.54. The van der Waals surface area contributed by atoms with Gasteiger partial charge in [0.25, 0.3) is 0 Å². The van der Waals surface area contributed by atoms with Gasteiger partial charge in [-0.15, -0.1) is 0 Å². The molecule has 3 rings (SSSR count). The quantitative estimate of drug-likeness (QED) is 0.553. The lowest BCUT2D eigenvalue weighted by molar-refractivity contribution is 0.112. The van der Waals surface area contributed by atoms with Crippen molar-refractivity contribution in [3.05, 3.63) is 52.8 Å². The molecule has 0 saturated heterocycles. The number of benzene rings is 1. The molecule has 2 aromatic heterocycles. The van der Waals surface area contributed by atoms with Crippen LogP contribution in [0.5, 0.6) is 0 Å². The lowest BCUT2D eigenvalue weighted by Crippen LogP contribution is -2.20. The summed E-state index contributed by atoms with van der Waals surface area (Å²) in [5.74, 6) is 0. The van der Waals surface area contributed by atoms with Gasteiger partial charge in [0, 0.05) is 28.8 Å². The van der Waals surface area contributed by atoms with Crippen LogP contribution in [-0.4, -0.2) is 37.9 Å². The fourth-order valence-electron chi connectivity index (χ4n) is 2.23. The van der Waals surface area contributed by atoms with E-state index < -0.39 is 6.09 Å². The minimum absolute atomic E-state index is 0.0341. The maximum atomic E-state index is 11.2. The number of H-pyrrole nitrogens is 1. The van der Waals surface area contributed by atoms with Gasteiger partial charge in [-0.25, -0.2) is 9.78 Å². The molecule has 10 heteroatoms. The minimum Gasteiger partial charge on any atom is -0.465 e. The number of nitrogens with one attached hydrogen (secondary N) is 2.